The van der Waals surface area contributed by atoms with Crippen molar-refractivity contribution >= 4 is 5.78 Å². The predicted octanol–water partition coefficient (Wildman–Crippen LogP) is 2.09. The van der Waals surface area contributed by atoms with Crippen molar-refractivity contribution in [1.82, 2.24) is 4.90 Å². The molecule has 1 aliphatic carbocycles. The molecule has 1 saturated carbocycles. The Morgan fingerprint density at radius 2 is 2.22 bits per heavy atom. The third-order valence-corrected chi connectivity index (χ3v) is 4.64. The van der Waals surface area contributed by atoms with Gasteiger partial charge in [0, 0.05) is 32.0 Å². The van der Waals surface area contributed by atoms with Crippen LogP contribution >= 0.6 is 0 Å². The van der Waals surface area contributed by atoms with E-state index in [1.807, 2.05) is 0 Å². The summed E-state index contributed by atoms with van der Waals surface area (Å²) < 4.78 is 0. The number of Topliss-reactive ketones (excluding diaryl/α,β-unsaturated/α-hetero) is 1. The van der Waals surface area contributed by atoms with Crippen molar-refractivity contribution in [2.24, 2.45) is 17.3 Å². The van der Waals surface area contributed by atoms with Gasteiger partial charge in [0.15, 0.2) is 0 Å². The molecule has 3 nitrogen and oxygen atoms in total. The van der Waals surface area contributed by atoms with Gasteiger partial charge in [-0.15, -0.1) is 0 Å². The van der Waals surface area contributed by atoms with Gasteiger partial charge in [-0.25, -0.2) is 0 Å². The molecule has 1 N–H and O–H groups in total. The molecule has 0 bridgehead atoms. The minimum Gasteiger partial charge on any atom is -0.396 e. The third kappa shape index (κ3) is 3.55. The Labute approximate surface area is 111 Å². The Kier molecular flexibility index (Phi) is 4.44. The van der Waals surface area contributed by atoms with E-state index in [4.69, 9.17) is 0 Å². The Hall–Kier alpha value is -0.410. The molecule has 1 aliphatic heterocycles. The minimum atomic E-state index is 0.228. The monoisotopic (exact) mass is 253 g/mol. The molecule has 0 amide bonds. The molecule has 2 unspecified atom stereocenters. The summed E-state index contributed by atoms with van der Waals surface area (Å²) in [5.74, 6) is 1.11. The first-order valence-electron chi connectivity index (χ1n) is 7.36. The smallest absolute Gasteiger partial charge is 0.137 e. The Morgan fingerprint density at radius 1 is 1.44 bits per heavy atom. The van der Waals surface area contributed by atoms with Crippen molar-refractivity contribution in [3.63, 3.8) is 0 Å². The zero-order chi connectivity index (χ0) is 13.2. The van der Waals surface area contributed by atoms with Crippen molar-refractivity contribution in [3.8, 4) is 0 Å². The van der Waals surface area contributed by atoms with Crippen LogP contribution in [0, 0.1) is 17.3 Å². The summed E-state index contributed by atoms with van der Waals surface area (Å²) in [4.78, 5) is 14.4. The highest BCUT2D eigenvalue weighted by Gasteiger charge is 2.35. The standard InChI is InChI=1S/C15H27NO2/c1-15(2)6-5-14(18)13(8-15)10-16-7-3-4-12(9-16)11-17/h12-13,17H,3-11H2,1-2H3. The molecule has 18 heavy (non-hydrogen) atoms. The van der Waals surface area contributed by atoms with E-state index in [0.29, 0.717) is 23.7 Å². The molecule has 2 aliphatic rings. The Morgan fingerprint density at radius 3 is 2.94 bits per heavy atom. The van der Waals surface area contributed by atoms with Crippen LogP contribution in [0.25, 0.3) is 0 Å². The maximum Gasteiger partial charge on any atom is 0.137 e. The highest BCUT2D eigenvalue weighted by Crippen LogP contribution is 2.37. The summed E-state index contributed by atoms with van der Waals surface area (Å²) in [5.41, 5.74) is 0.324. The number of nitrogens with zero attached hydrogens (tertiary/aromatic N) is 1. The fraction of sp³-hybridized carbons (Fsp3) is 0.933. The van der Waals surface area contributed by atoms with Crippen LogP contribution in [0.1, 0.15) is 46.0 Å². The molecule has 3 heteroatoms. The van der Waals surface area contributed by atoms with Gasteiger partial charge >= 0.3 is 0 Å². The van der Waals surface area contributed by atoms with Gasteiger partial charge in [-0.3, -0.25) is 4.79 Å². The van der Waals surface area contributed by atoms with E-state index in [-0.39, 0.29) is 5.92 Å². The molecule has 2 atom stereocenters. The van der Waals surface area contributed by atoms with Gasteiger partial charge in [0.25, 0.3) is 0 Å². The molecule has 0 aromatic heterocycles. The van der Waals surface area contributed by atoms with Crippen molar-refractivity contribution in [3.05, 3.63) is 0 Å². The SMILES string of the molecule is CC1(C)CCC(=O)C(CN2CCCC(CO)C2)C1. The molecular weight excluding hydrogens is 226 g/mol. The molecule has 0 aromatic carbocycles. The molecule has 2 fully saturated rings. The minimum absolute atomic E-state index is 0.228. The number of rotatable bonds is 3. The van der Waals surface area contributed by atoms with Gasteiger partial charge in [-0.05, 0) is 43.6 Å². The van der Waals surface area contributed by atoms with Crippen LogP contribution in [0.3, 0.4) is 0 Å². The second-order valence-corrected chi connectivity index (χ2v) is 6.98. The van der Waals surface area contributed by atoms with Gasteiger partial charge in [0.1, 0.15) is 5.78 Å². The first kappa shape index (κ1) is 14.0. The number of carbonyl (C=O) groups excluding carboxylic acids is 1. The highest BCUT2D eigenvalue weighted by atomic mass is 16.3. The number of hydrogen-bond acceptors (Lipinski definition) is 3. The van der Waals surface area contributed by atoms with Crippen LogP contribution in [0.5, 0.6) is 0 Å². The average Bonchev–Trinajstić information content (AvgIpc) is 2.34. The zero-order valence-corrected chi connectivity index (χ0v) is 11.8. The fourth-order valence-electron chi connectivity index (χ4n) is 3.49. The quantitative estimate of drug-likeness (QED) is 0.837. The second-order valence-electron chi connectivity index (χ2n) is 6.98. The van der Waals surface area contributed by atoms with Crippen LogP contribution < -0.4 is 0 Å². The first-order chi connectivity index (χ1) is 8.50. The van der Waals surface area contributed by atoms with Gasteiger partial charge in [-0.1, -0.05) is 13.8 Å². The van der Waals surface area contributed by atoms with Crippen LogP contribution in [0.2, 0.25) is 0 Å². The Balaban J connectivity index is 1.89. The number of piperidine rings is 1. The molecule has 1 heterocycles. The van der Waals surface area contributed by atoms with Crippen LogP contribution in [-0.4, -0.2) is 42.0 Å². The maximum absolute atomic E-state index is 12.0. The topological polar surface area (TPSA) is 40.5 Å². The maximum atomic E-state index is 12.0. The highest BCUT2D eigenvalue weighted by molar-refractivity contribution is 5.82. The van der Waals surface area contributed by atoms with E-state index in [9.17, 15) is 9.90 Å². The van der Waals surface area contributed by atoms with E-state index in [2.05, 4.69) is 18.7 Å². The summed E-state index contributed by atoms with van der Waals surface area (Å²) in [5, 5.41) is 9.26. The number of ketones is 1. The number of hydrogen-bond donors (Lipinski definition) is 1. The molecular formula is C15H27NO2. The van der Waals surface area contributed by atoms with Gasteiger partial charge in [0.05, 0.1) is 0 Å². The van der Waals surface area contributed by atoms with Crippen molar-refractivity contribution in [1.29, 1.82) is 0 Å². The van der Waals surface area contributed by atoms with Crippen molar-refractivity contribution in [2.75, 3.05) is 26.2 Å². The lowest BCUT2D eigenvalue weighted by Crippen LogP contribution is -2.43. The molecule has 0 aromatic rings. The molecule has 1 saturated heterocycles. The van der Waals surface area contributed by atoms with Gasteiger partial charge in [0.2, 0.25) is 0 Å². The summed E-state index contributed by atoms with van der Waals surface area (Å²) in [6.07, 6.45) is 5.13. The van der Waals surface area contributed by atoms with Crippen molar-refractivity contribution < 1.29 is 9.90 Å². The van der Waals surface area contributed by atoms with E-state index >= 15 is 0 Å². The number of aliphatic hydroxyl groups excluding tert-OH is 1. The van der Waals surface area contributed by atoms with Crippen molar-refractivity contribution in [2.45, 2.75) is 46.0 Å². The van der Waals surface area contributed by atoms with E-state index < -0.39 is 0 Å². The number of aliphatic hydroxyl groups is 1. The van der Waals surface area contributed by atoms with Crippen LogP contribution in [-0.2, 0) is 4.79 Å². The van der Waals surface area contributed by atoms with E-state index in [1.54, 1.807) is 0 Å². The molecule has 104 valence electrons. The van der Waals surface area contributed by atoms with Crippen LogP contribution in [0.15, 0.2) is 0 Å². The lowest BCUT2D eigenvalue weighted by atomic mass is 9.71. The average molecular weight is 253 g/mol. The number of carbonyl (C=O) groups is 1. The summed E-state index contributed by atoms with van der Waals surface area (Å²) in [6.45, 7) is 7.83. The Bertz CT molecular complexity index is 301. The second kappa shape index (κ2) is 5.70. The summed E-state index contributed by atoms with van der Waals surface area (Å²) in [7, 11) is 0. The largest absolute Gasteiger partial charge is 0.396 e. The summed E-state index contributed by atoms with van der Waals surface area (Å²) >= 11 is 0. The number of likely N-dealkylation sites (tertiary alicyclic amines) is 1. The van der Waals surface area contributed by atoms with Crippen LogP contribution in [0.4, 0.5) is 0 Å². The zero-order valence-electron chi connectivity index (χ0n) is 11.8. The lowest BCUT2D eigenvalue weighted by molar-refractivity contribution is -0.128. The summed E-state index contributed by atoms with van der Waals surface area (Å²) in [6, 6.07) is 0. The molecule has 2 rings (SSSR count). The third-order valence-electron chi connectivity index (χ3n) is 4.64. The lowest BCUT2D eigenvalue weighted by Gasteiger charge is -2.39. The molecule has 0 spiro atoms. The van der Waals surface area contributed by atoms with E-state index in [0.717, 1.165) is 51.7 Å². The normalized spacial score (nSPS) is 33.6. The van der Waals surface area contributed by atoms with E-state index in [1.165, 1.54) is 0 Å². The predicted molar refractivity (Wildman–Crippen MR) is 72.4 cm³/mol. The first-order valence-corrected chi connectivity index (χ1v) is 7.36. The fourth-order valence-corrected chi connectivity index (χ4v) is 3.49. The van der Waals surface area contributed by atoms with Gasteiger partial charge < -0.3 is 10.0 Å². The van der Waals surface area contributed by atoms with Gasteiger partial charge in [-0.2, -0.15) is 0 Å². The molecule has 0 radical (unpaired) electrons.